The molecule has 5 heteroatoms. The van der Waals surface area contributed by atoms with Crippen LogP contribution in [0.1, 0.15) is 25.0 Å². The highest BCUT2D eigenvalue weighted by molar-refractivity contribution is 6.32. The summed E-state index contributed by atoms with van der Waals surface area (Å²) in [6.07, 6.45) is 0.179. The molecule has 1 heterocycles. The average molecular weight is 236 g/mol. The molecular formula is C9H11Cl2NO2. The van der Waals surface area contributed by atoms with Gasteiger partial charge in [-0.15, -0.1) is 0 Å². The van der Waals surface area contributed by atoms with Crippen molar-refractivity contribution in [2.24, 2.45) is 0 Å². The summed E-state index contributed by atoms with van der Waals surface area (Å²) in [6, 6.07) is 1.55. The fraction of sp³-hybridized carbons (Fsp3) is 0.444. The molecule has 0 aromatic carbocycles. The first-order valence-corrected chi connectivity index (χ1v) is 4.93. The number of hydrogen-bond donors (Lipinski definition) is 2. The topological polar surface area (TPSA) is 53.4 Å². The molecule has 3 nitrogen and oxygen atoms in total. The lowest BCUT2D eigenvalue weighted by molar-refractivity contribution is 0.0906. The van der Waals surface area contributed by atoms with Gasteiger partial charge in [-0.05, 0) is 13.0 Å². The van der Waals surface area contributed by atoms with E-state index in [1.165, 1.54) is 6.20 Å². The van der Waals surface area contributed by atoms with Crippen molar-refractivity contribution in [3.63, 3.8) is 0 Å². The third-order valence-electron chi connectivity index (χ3n) is 1.76. The maximum Gasteiger partial charge on any atom is 0.134 e. The van der Waals surface area contributed by atoms with Crippen molar-refractivity contribution in [2.75, 3.05) is 0 Å². The van der Waals surface area contributed by atoms with E-state index < -0.39 is 12.2 Å². The molecule has 0 aliphatic rings. The van der Waals surface area contributed by atoms with Crippen molar-refractivity contribution in [1.82, 2.24) is 4.98 Å². The second-order valence-electron chi connectivity index (χ2n) is 3.13. The fourth-order valence-corrected chi connectivity index (χ4v) is 1.52. The van der Waals surface area contributed by atoms with Crippen LogP contribution in [0.4, 0.5) is 0 Å². The predicted octanol–water partition coefficient (Wildman–Crippen LogP) is 2.19. The van der Waals surface area contributed by atoms with E-state index in [0.29, 0.717) is 10.6 Å². The van der Waals surface area contributed by atoms with Crippen LogP contribution < -0.4 is 0 Å². The lowest BCUT2D eigenvalue weighted by atomic mass is 10.1. The molecule has 0 saturated carbocycles. The molecular weight excluding hydrogens is 225 g/mol. The summed E-state index contributed by atoms with van der Waals surface area (Å²) in [7, 11) is 0. The van der Waals surface area contributed by atoms with E-state index in [1.54, 1.807) is 13.0 Å². The second-order valence-corrected chi connectivity index (χ2v) is 3.93. The van der Waals surface area contributed by atoms with Crippen molar-refractivity contribution in [3.8, 4) is 0 Å². The smallest absolute Gasteiger partial charge is 0.134 e. The van der Waals surface area contributed by atoms with Gasteiger partial charge in [-0.1, -0.05) is 23.2 Å². The van der Waals surface area contributed by atoms with Gasteiger partial charge in [0, 0.05) is 18.2 Å². The Morgan fingerprint density at radius 2 is 2.07 bits per heavy atom. The third kappa shape index (κ3) is 3.10. The molecule has 78 valence electrons. The van der Waals surface area contributed by atoms with E-state index >= 15 is 0 Å². The van der Waals surface area contributed by atoms with Gasteiger partial charge in [0.1, 0.15) is 5.15 Å². The van der Waals surface area contributed by atoms with E-state index in [0.717, 1.165) is 0 Å². The van der Waals surface area contributed by atoms with Crippen molar-refractivity contribution >= 4 is 23.2 Å². The van der Waals surface area contributed by atoms with Gasteiger partial charge in [-0.2, -0.15) is 0 Å². The Balaban J connectivity index is 2.88. The Kier molecular flexibility index (Phi) is 4.13. The molecule has 0 spiro atoms. The first-order valence-electron chi connectivity index (χ1n) is 4.17. The highest BCUT2D eigenvalue weighted by Crippen LogP contribution is 2.26. The SMILES string of the molecule is C[C@@H](O)CC(O)c1cc(Cl)cnc1Cl. The van der Waals surface area contributed by atoms with Crippen LogP contribution in [0.2, 0.25) is 10.2 Å². The van der Waals surface area contributed by atoms with Crippen molar-refractivity contribution < 1.29 is 10.2 Å². The summed E-state index contributed by atoms with van der Waals surface area (Å²) in [6.45, 7) is 1.59. The van der Waals surface area contributed by atoms with Crippen LogP contribution in [0, 0.1) is 0 Å². The number of hydrogen-bond acceptors (Lipinski definition) is 3. The largest absolute Gasteiger partial charge is 0.393 e. The van der Waals surface area contributed by atoms with Crippen LogP contribution >= 0.6 is 23.2 Å². The zero-order valence-electron chi connectivity index (χ0n) is 7.61. The number of pyridine rings is 1. The van der Waals surface area contributed by atoms with Crippen LogP contribution in [0.3, 0.4) is 0 Å². The molecule has 1 aromatic rings. The first-order chi connectivity index (χ1) is 6.50. The minimum atomic E-state index is -0.839. The summed E-state index contributed by atoms with van der Waals surface area (Å²) in [5, 5.41) is 19.4. The molecule has 0 aliphatic heterocycles. The molecule has 1 aromatic heterocycles. The minimum Gasteiger partial charge on any atom is -0.393 e. The number of aliphatic hydroxyl groups is 2. The number of aromatic nitrogens is 1. The molecule has 0 aliphatic carbocycles. The van der Waals surface area contributed by atoms with Crippen molar-refractivity contribution in [3.05, 3.63) is 28.0 Å². The maximum atomic E-state index is 9.65. The van der Waals surface area contributed by atoms with Crippen molar-refractivity contribution in [2.45, 2.75) is 25.6 Å². The van der Waals surface area contributed by atoms with Crippen molar-refractivity contribution in [1.29, 1.82) is 0 Å². The molecule has 0 fully saturated rings. The maximum absolute atomic E-state index is 9.65. The lowest BCUT2D eigenvalue weighted by Gasteiger charge is -2.13. The predicted molar refractivity (Wildman–Crippen MR) is 55.5 cm³/mol. The number of nitrogens with zero attached hydrogens (tertiary/aromatic N) is 1. The summed E-state index contributed by atoms with van der Waals surface area (Å²) in [4.78, 5) is 3.80. The zero-order valence-corrected chi connectivity index (χ0v) is 9.13. The molecule has 0 bridgehead atoms. The molecule has 14 heavy (non-hydrogen) atoms. The van der Waals surface area contributed by atoms with E-state index in [9.17, 15) is 5.11 Å². The average Bonchev–Trinajstić information content (AvgIpc) is 2.08. The Morgan fingerprint density at radius 3 is 2.64 bits per heavy atom. The van der Waals surface area contributed by atoms with Gasteiger partial charge >= 0.3 is 0 Å². The van der Waals surface area contributed by atoms with E-state index in [4.69, 9.17) is 28.3 Å². The molecule has 2 N–H and O–H groups in total. The van der Waals surface area contributed by atoms with Gasteiger partial charge in [0.15, 0.2) is 0 Å². The molecule has 0 amide bonds. The van der Waals surface area contributed by atoms with Gasteiger partial charge in [-0.25, -0.2) is 4.98 Å². The second kappa shape index (κ2) is 4.94. The van der Waals surface area contributed by atoms with Gasteiger partial charge in [0.2, 0.25) is 0 Å². The summed E-state index contributed by atoms with van der Waals surface area (Å²) < 4.78 is 0. The summed E-state index contributed by atoms with van der Waals surface area (Å²) in [5.74, 6) is 0. The number of halogens is 2. The number of rotatable bonds is 3. The Bertz CT molecular complexity index is 318. The van der Waals surface area contributed by atoms with Gasteiger partial charge in [0.25, 0.3) is 0 Å². The van der Waals surface area contributed by atoms with Crippen LogP contribution in [0.25, 0.3) is 0 Å². The van der Waals surface area contributed by atoms with E-state index in [-0.39, 0.29) is 11.6 Å². The van der Waals surface area contributed by atoms with Gasteiger partial charge in [-0.3, -0.25) is 0 Å². The first kappa shape index (κ1) is 11.7. The van der Waals surface area contributed by atoms with Crippen LogP contribution in [0.5, 0.6) is 0 Å². The highest BCUT2D eigenvalue weighted by atomic mass is 35.5. The standard InChI is InChI=1S/C9H11Cl2NO2/c1-5(13)2-8(14)7-3-6(10)4-12-9(7)11/h3-5,8,13-14H,2H2,1H3/t5-,8?/m1/s1. The Hall–Kier alpha value is -0.350. The fourth-order valence-electron chi connectivity index (χ4n) is 1.12. The molecule has 1 unspecified atom stereocenters. The third-order valence-corrected chi connectivity index (χ3v) is 2.28. The molecule has 0 radical (unpaired) electrons. The normalized spacial score (nSPS) is 15.2. The zero-order chi connectivity index (χ0) is 10.7. The minimum absolute atomic E-state index is 0.210. The van der Waals surface area contributed by atoms with Gasteiger partial charge in [0.05, 0.1) is 17.2 Å². The molecule has 1 rings (SSSR count). The monoisotopic (exact) mass is 235 g/mol. The van der Waals surface area contributed by atoms with Crippen LogP contribution in [-0.4, -0.2) is 21.3 Å². The molecule has 2 atom stereocenters. The Morgan fingerprint density at radius 1 is 1.43 bits per heavy atom. The van der Waals surface area contributed by atoms with Gasteiger partial charge < -0.3 is 10.2 Å². The quantitative estimate of drug-likeness (QED) is 0.791. The van der Waals surface area contributed by atoms with Crippen LogP contribution in [0.15, 0.2) is 12.3 Å². The summed E-state index contributed by atoms with van der Waals surface area (Å²) in [5.41, 5.74) is 0.445. The van der Waals surface area contributed by atoms with Crippen LogP contribution in [-0.2, 0) is 0 Å². The molecule has 0 saturated heterocycles. The number of aliphatic hydroxyl groups excluding tert-OH is 2. The highest BCUT2D eigenvalue weighted by Gasteiger charge is 2.15. The van der Waals surface area contributed by atoms with E-state index in [2.05, 4.69) is 4.98 Å². The lowest BCUT2D eigenvalue weighted by Crippen LogP contribution is -2.08. The Labute approximate surface area is 92.3 Å². The van der Waals surface area contributed by atoms with E-state index in [1.807, 2.05) is 0 Å². The summed E-state index contributed by atoms with van der Waals surface area (Å²) >= 11 is 11.5.